The lowest BCUT2D eigenvalue weighted by Crippen LogP contribution is -2.33. The van der Waals surface area contributed by atoms with Gasteiger partial charge in [-0.1, -0.05) is 17.7 Å². The summed E-state index contributed by atoms with van der Waals surface area (Å²) in [5.74, 6) is 1.72. The number of hydrogen-bond donors (Lipinski definition) is 2. The summed E-state index contributed by atoms with van der Waals surface area (Å²) >= 11 is 5.13. The number of halogens is 1. The van der Waals surface area contributed by atoms with E-state index in [1.807, 2.05) is 50.2 Å². The van der Waals surface area contributed by atoms with Crippen molar-refractivity contribution in [1.82, 2.24) is 5.32 Å². The van der Waals surface area contributed by atoms with E-state index in [4.69, 9.17) is 14.2 Å². The lowest BCUT2D eigenvalue weighted by Gasteiger charge is -2.18. The van der Waals surface area contributed by atoms with Crippen molar-refractivity contribution in [3.05, 3.63) is 52.0 Å². The second-order valence-electron chi connectivity index (χ2n) is 6.54. The van der Waals surface area contributed by atoms with Gasteiger partial charge < -0.3 is 19.3 Å². The third kappa shape index (κ3) is 5.81. The van der Waals surface area contributed by atoms with Crippen molar-refractivity contribution in [2.45, 2.75) is 25.3 Å². The first-order valence-corrected chi connectivity index (χ1v) is 11.2. The Morgan fingerprint density at radius 3 is 2.59 bits per heavy atom. The summed E-state index contributed by atoms with van der Waals surface area (Å²) < 4.78 is 18.2. The first-order valence-electron chi connectivity index (χ1n) is 9.37. The fraction of sp³-hybridized carbons (Fsp3) is 0.381. The van der Waals surface area contributed by atoms with E-state index in [0.29, 0.717) is 37.1 Å². The summed E-state index contributed by atoms with van der Waals surface area (Å²) in [4.78, 5) is 11.2. The van der Waals surface area contributed by atoms with Gasteiger partial charge in [0.15, 0.2) is 11.5 Å². The molecule has 2 aromatic rings. The average Bonchev–Trinajstić information content (AvgIpc) is 3.19. The number of aliphatic carboxylic acids is 1. The highest BCUT2D eigenvalue weighted by atomic mass is 79.9. The van der Waals surface area contributed by atoms with E-state index in [9.17, 15) is 9.90 Å². The molecule has 1 aliphatic heterocycles. The second kappa shape index (κ2) is 10.2. The predicted molar refractivity (Wildman–Crippen MR) is 117 cm³/mol. The highest BCUT2D eigenvalue weighted by molar-refractivity contribution is 9.10. The summed E-state index contributed by atoms with van der Waals surface area (Å²) in [6.45, 7) is 5.21. The largest absolute Gasteiger partial charge is 0.490 e. The average molecular weight is 482 g/mol. The summed E-state index contributed by atoms with van der Waals surface area (Å²) in [6.07, 6.45) is 0. The van der Waals surface area contributed by atoms with Crippen LogP contribution in [0.5, 0.6) is 17.2 Å². The molecule has 156 valence electrons. The van der Waals surface area contributed by atoms with Gasteiger partial charge in [0.2, 0.25) is 0 Å². The highest BCUT2D eigenvalue weighted by Gasteiger charge is 2.31. The monoisotopic (exact) mass is 481 g/mol. The van der Waals surface area contributed by atoms with Crippen LogP contribution in [0.15, 0.2) is 40.9 Å². The molecular formula is C21H24BrNO5S. The molecule has 2 unspecified atom stereocenters. The zero-order valence-corrected chi connectivity index (χ0v) is 18.7. The van der Waals surface area contributed by atoms with Crippen LogP contribution in [0.25, 0.3) is 0 Å². The molecule has 8 heteroatoms. The van der Waals surface area contributed by atoms with Gasteiger partial charge in [0, 0.05) is 5.75 Å². The molecule has 6 nitrogen and oxygen atoms in total. The minimum atomic E-state index is -0.836. The maximum Gasteiger partial charge on any atom is 0.321 e. The van der Waals surface area contributed by atoms with Gasteiger partial charge in [-0.25, -0.2) is 0 Å². The quantitative estimate of drug-likeness (QED) is 0.513. The molecule has 2 N–H and O–H groups in total. The Labute approximate surface area is 183 Å². The van der Waals surface area contributed by atoms with Crippen molar-refractivity contribution in [2.75, 3.05) is 25.6 Å². The normalized spacial score (nSPS) is 18.4. The number of hydrogen-bond acceptors (Lipinski definition) is 6. The Morgan fingerprint density at radius 2 is 1.93 bits per heavy atom. The third-order valence-corrected chi connectivity index (χ3v) is 6.19. The molecule has 3 rings (SSSR count). The Morgan fingerprint density at radius 1 is 1.21 bits per heavy atom. The zero-order valence-electron chi connectivity index (χ0n) is 16.3. The molecular weight excluding hydrogens is 458 g/mol. The van der Waals surface area contributed by atoms with Crippen molar-refractivity contribution >= 4 is 33.7 Å². The first kappa shape index (κ1) is 21.8. The van der Waals surface area contributed by atoms with Gasteiger partial charge >= 0.3 is 5.97 Å². The number of nitrogens with one attached hydrogen (secondary N) is 1. The van der Waals surface area contributed by atoms with Crippen LogP contribution in [0.1, 0.15) is 23.4 Å². The molecule has 0 aromatic heterocycles. The van der Waals surface area contributed by atoms with Crippen LogP contribution in [0, 0.1) is 6.92 Å². The Hall–Kier alpha value is -1.90. The molecule has 0 spiro atoms. The highest BCUT2D eigenvalue weighted by Crippen LogP contribution is 2.42. The lowest BCUT2D eigenvalue weighted by molar-refractivity contribution is -0.138. The van der Waals surface area contributed by atoms with Gasteiger partial charge in [-0.15, -0.1) is 11.8 Å². The molecule has 1 aliphatic rings. The molecule has 0 saturated carbocycles. The van der Waals surface area contributed by atoms with Crippen LogP contribution in [0.4, 0.5) is 0 Å². The minimum Gasteiger partial charge on any atom is -0.490 e. The van der Waals surface area contributed by atoms with E-state index in [2.05, 4.69) is 21.2 Å². The molecule has 29 heavy (non-hydrogen) atoms. The fourth-order valence-electron chi connectivity index (χ4n) is 2.89. The Bertz CT molecular complexity index is 846. The smallest absolute Gasteiger partial charge is 0.321 e. The molecule has 0 bridgehead atoms. The van der Waals surface area contributed by atoms with Gasteiger partial charge in [0.25, 0.3) is 0 Å². The van der Waals surface area contributed by atoms with Crippen molar-refractivity contribution in [1.29, 1.82) is 0 Å². The first-order chi connectivity index (χ1) is 14.0. The number of ether oxygens (including phenoxy) is 3. The van der Waals surface area contributed by atoms with Crippen LogP contribution in [0.2, 0.25) is 0 Å². The van der Waals surface area contributed by atoms with Crippen molar-refractivity contribution in [3.63, 3.8) is 0 Å². The van der Waals surface area contributed by atoms with Crippen molar-refractivity contribution in [3.8, 4) is 17.2 Å². The van der Waals surface area contributed by atoms with Gasteiger partial charge in [0.05, 0.1) is 16.5 Å². The lowest BCUT2D eigenvalue weighted by atomic mass is 10.2. The van der Waals surface area contributed by atoms with E-state index in [0.717, 1.165) is 15.8 Å². The molecule has 2 aromatic carbocycles. The zero-order chi connectivity index (χ0) is 20.8. The Balaban J connectivity index is 1.64. The van der Waals surface area contributed by atoms with Gasteiger partial charge in [-0.05, 0) is 59.6 Å². The minimum absolute atomic E-state index is 0.106. The second-order valence-corrected chi connectivity index (χ2v) is 8.54. The third-order valence-electron chi connectivity index (χ3n) is 4.33. The number of benzene rings is 2. The van der Waals surface area contributed by atoms with Crippen LogP contribution >= 0.6 is 27.7 Å². The predicted octanol–water partition coefficient (Wildman–Crippen LogP) is 4.40. The summed E-state index contributed by atoms with van der Waals surface area (Å²) in [6, 6.07) is 11.2. The number of thioether (sulfide) groups is 1. The van der Waals surface area contributed by atoms with E-state index < -0.39 is 12.0 Å². The Kier molecular flexibility index (Phi) is 7.69. The van der Waals surface area contributed by atoms with Crippen LogP contribution in [0.3, 0.4) is 0 Å². The summed E-state index contributed by atoms with van der Waals surface area (Å²) in [7, 11) is 0. The van der Waals surface area contributed by atoms with Crippen molar-refractivity contribution < 1.29 is 24.1 Å². The van der Waals surface area contributed by atoms with E-state index in [1.54, 1.807) is 11.8 Å². The van der Waals surface area contributed by atoms with E-state index >= 15 is 0 Å². The maximum absolute atomic E-state index is 11.2. The summed E-state index contributed by atoms with van der Waals surface area (Å²) in [5.41, 5.74) is 2.13. The topological polar surface area (TPSA) is 77.0 Å². The summed E-state index contributed by atoms with van der Waals surface area (Å²) in [5, 5.41) is 12.2. The number of aryl methyl sites for hydroxylation is 1. The maximum atomic E-state index is 11.2. The molecule has 1 saturated heterocycles. The fourth-order valence-corrected chi connectivity index (χ4v) is 4.67. The number of rotatable bonds is 9. The molecule has 0 amide bonds. The molecule has 2 atom stereocenters. The van der Waals surface area contributed by atoms with Gasteiger partial charge in [0.1, 0.15) is 25.0 Å². The standard InChI is InChI=1S/C21H24BrNO5S/c1-3-26-18-11-14(20-23-17(12-29-20)21(24)25)10-16(22)19(18)28-9-8-27-15-6-4-13(2)5-7-15/h4-7,10-11,17,20,23H,3,8-9,12H2,1-2H3,(H,24,25). The number of carboxylic acid groups (broad SMARTS) is 1. The molecule has 0 radical (unpaired) electrons. The van der Waals surface area contributed by atoms with Crippen LogP contribution in [-0.2, 0) is 4.79 Å². The van der Waals surface area contributed by atoms with Crippen LogP contribution in [-0.4, -0.2) is 42.7 Å². The SMILES string of the molecule is CCOc1cc(C2NC(C(=O)O)CS2)cc(Br)c1OCCOc1ccc(C)cc1. The van der Waals surface area contributed by atoms with Gasteiger partial charge in [-0.3, -0.25) is 10.1 Å². The van der Waals surface area contributed by atoms with Crippen LogP contribution < -0.4 is 19.5 Å². The molecule has 0 aliphatic carbocycles. The van der Waals surface area contributed by atoms with E-state index in [1.165, 1.54) is 5.56 Å². The van der Waals surface area contributed by atoms with Gasteiger partial charge in [-0.2, -0.15) is 0 Å². The molecule has 1 fully saturated rings. The van der Waals surface area contributed by atoms with E-state index in [-0.39, 0.29) is 5.37 Å². The number of carbonyl (C=O) groups is 1. The molecule has 1 heterocycles. The number of carboxylic acids is 1. The van der Waals surface area contributed by atoms with Crippen molar-refractivity contribution in [2.24, 2.45) is 0 Å².